The first-order valence-corrected chi connectivity index (χ1v) is 7.28. The molecule has 0 amide bonds. The summed E-state index contributed by atoms with van der Waals surface area (Å²) in [6.07, 6.45) is 5.60. The molecule has 1 aliphatic carbocycles. The summed E-state index contributed by atoms with van der Waals surface area (Å²) >= 11 is 0. The Morgan fingerprint density at radius 3 is 2.40 bits per heavy atom. The van der Waals surface area contributed by atoms with Gasteiger partial charge in [0.05, 0.1) is 13.2 Å². The van der Waals surface area contributed by atoms with Gasteiger partial charge in [-0.3, -0.25) is 0 Å². The number of methoxy groups -OCH3 is 1. The fourth-order valence-corrected chi connectivity index (χ4v) is 3.38. The number of hydrogen-bond donors (Lipinski definition) is 1. The molecule has 0 heterocycles. The molecule has 0 aromatic heterocycles. The summed E-state index contributed by atoms with van der Waals surface area (Å²) in [5, 5.41) is 0. The van der Waals surface area contributed by atoms with Gasteiger partial charge in [0.2, 0.25) is 0 Å². The molecule has 2 N–H and O–H groups in total. The van der Waals surface area contributed by atoms with E-state index in [1.54, 1.807) is 12.1 Å². The van der Waals surface area contributed by atoms with Crippen LogP contribution in [0.4, 0.5) is 4.39 Å². The van der Waals surface area contributed by atoms with E-state index in [0.717, 1.165) is 25.7 Å². The molecule has 0 aliphatic heterocycles. The van der Waals surface area contributed by atoms with Gasteiger partial charge in [0, 0.05) is 17.2 Å². The number of ether oxygens (including phenoxy) is 1. The topological polar surface area (TPSA) is 38.5 Å². The summed E-state index contributed by atoms with van der Waals surface area (Å²) in [5.41, 5.74) is 6.91. The molecular weight excluding hydrogens is 255 g/mol. The van der Waals surface area contributed by atoms with Crippen LogP contribution in [0.1, 0.15) is 43.7 Å². The first kappa shape index (κ1) is 15.3. The van der Waals surface area contributed by atoms with Gasteiger partial charge < -0.3 is 15.4 Å². The minimum Gasteiger partial charge on any atom is -0.497 e. The second kappa shape index (κ2) is 6.10. The maximum absolute atomic E-state index is 14.3. The average Bonchev–Trinajstić information content (AvgIpc) is 2.47. The molecule has 1 aromatic carbocycles. The molecule has 1 aliphatic rings. The van der Waals surface area contributed by atoms with Crippen LogP contribution in [0, 0.1) is 5.82 Å². The molecule has 112 valence electrons. The van der Waals surface area contributed by atoms with Crippen LogP contribution < -0.4 is 10.5 Å². The van der Waals surface area contributed by atoms with Gasteiger partial charge in [-0.05, 0) is 33.0 Å². The average molecular weight is 280 g/mol. The molecular formula is C16H25FN2O. The first-order valence-electron chi connectivity index (χ1n) is 7.28. The summed E-state index contributed by atoms with van der Waals surface area (Å²) in [7, 11) is 5.63. The molecule has 4 heteroatoms. The second-order valence-corrected chi connectivity index (χ2v) is 5.92. The Morgan fingerprint density at radius 1 is 1.25 bits per heavy atom. The summed E-state index contributed by atoms with van der Waals surface area (Å²) in [4.78, 5) is 2.18. The maximum Gasteiger partial charge on any atom is 0.131 e. The number of rotatable bonds is 4. The molecule has 1 saturated carbocycles. The van der Waals surface area contributed by atoms with Gasteiger partial charge in [0.1, 0.15) is 11.6 Å². The number of nitrogens with two attached hydrogens (primary N) is 1. The highest BCUT2D eigenvalue weighted by molar-refractivity contribution is 5.32. The zero-order valence-corrected chi connectivity index (χ0v) is 12.7. The van der Waals surface area contributed by atoms with E-state index in [1.165, 1.54) is 19.6 Å². The van der Waals surface area contributed by atoms with Gasteiger partial charge in [0.25, 0.3) is 0 Å². The molecule has 0 spiro atoms. The van der Waals surface area contributed by atoms with Crippen molar-refractivity contribution in [1.82, 2.24) is 4.90 Å². The van der Waals surface area contributed by atoms with Gasteiger partial charge in [-0.25, -0.2) is 4.39 Å². The minimum atomic E-state index is -0.316. The molecule has 1 atom stereocenters. The van der Waals surface area contributed by atoms with E-state index in [0.29, 0.717) is 11.3 Å². The Morgan fingerprint density at radius 2 is 1.90 bits per heavy atom. The van der Waals surface area contributed by atoms with Gasteiger partial charge in [-0.15, -0.1) is 0 Å². The van der Waals surface area contributed by atoms with E-state index in [2.05, 4.69) is 4.90 Å². The van der Waals surface area contributed by atoms with E-state index >= 15 is 0 Å². The quantitative estimate of drug-likeness (QED) is 0.921. The van der Waals surface area contributed by atoms with Crippen molar-refractivity contribution in [3.8, 4) is 5.75 Å². The third kappa shape index (κ3) is 2.67. The van der Waals surface area contributed by atoms with Crippen molar-refractivity contribution < 1.29 is 9.13 Å². The minimum absolute atomic E-state index is 0.145. The number of benzene rings is 1. The lowest BCUT2D eigenvalue weighted by Crippen LogP contribution is -2.53. The van der Waals surface area contributed by atoms with Crippen LogP contribution in [0.5, 0.6) is 5.75 Å². The third-order valence-electron chi connectivity index (χ3n) is 4.73. The Kier molecular flexibility index (Phi) is 4.66. The Hall–Kier alpha value is -1.13. The summed E-state index contributed by atoms with van der Waals surface area (Å²) < 4.78 is 19.4. The molecule has 1 fully saturated rings. The molecule has 3 nitrogen and oxygen atoms in total. The molecule has 0 bridgehead atoms. The van der Waals surface area contributed by atoms with Crippen LogP contribution >= 0.6 is 0 Å². The van der Waals surface area contributed by atoms with E-state index in [1.807, 2.05) is 14.1 Å². The Labute approximate surface area is 120 Å². The SMILES string of the molecule is COc1ccc(C(N)C2(N(C)C)CCCCC2)c(F)c1. The fraction of sp³-hybridized carbons (Fsp3) is 0.625. The van der Waals surface area contributed by atoms with E-state index < -0.39 is 0 Å². The van der Waals surface area contributed by atoms with Crippen LogP contribution in [-0.4, -0.2) is 31.6 Å². The van der Waals surface area contributed by atoms with E-state index in [-0.39, 0.29) is 17.4 Å². The van der Waals surface area contributed by atoms with Crippen molar-refractivity contribution >= 4 is 0 Å². The van der Waals surface area contributed by atoms with E-state index in [9.17, 15) is 4.39 Å². The standard InChI is InChI=1S/C16H25FN2O/c1-19(2)16(9-5-4-6-10-16)15(18)13-8-7-12(20-3)11-14(13)17/h7-8,11,15H,4-6,9-10,18H2,1-3H3. The fourth-order valence-electron chi connectivity index (χ4n) is 3.38. The van der Waals surface area contributed by atoms with Gasteiger partial charge in [0.15, 0.2) is 0 Å². The molecule has 20 heavy (non-hydrogen) atoms. The molecule has 0 saturated heterocycles. The smallest absolute Gasteiger partial charge is 0.131 e. The highest BCUT2D eigenvalue weighted by Crippen LogP contribution is 2.41. The molecule has 0 radical (unpaired) electrons. The zero-order chi connectivity index (χ0) is 14.8. The highest BCUT2D eigenvalue weighted by Gasteiger charge is 2.41. The summed E-state index contributed by atoms with van der Waals surface area (Å²) in [6, 6.07) is 4.65. The van der Waals surface area contributed by atoms with Crippen LogP contribution in [0.25, 0.3) is 0 Å². The lowest BCUT2D eigenvalue weighted by molar-refractivity contribution is 0.0700. The summed E-state index contributed by atoms with van der Waals surface area (Å²) in [6.45, 7) is 0. The highest BCUT2D eigenvalue weighted by atomic mass is 19.1. The lowest BCUT2D eigenvalue weighted by atomic mass is 9.73. The van der Waals surface area contributed by atoms with E-state index in [4.69, 9.17) is 10.5 Å². The number of nitrogens with zero attached hydrogens (tertiary/aromatic N) is 1. The summed E-state index contributed by atoms with van der Waals surface area (Å²) in [5.74, 6) is 0.254. The van der Waals surface area contributed by atoms with Crippen LogP contribution in [0.3, 0.4) is 0 Å². The first-order chi connectivity index (χ1) is 9.51. The Bertz CT molecular complexity index is 456. The van der Waals surface area contributed by atoms with Crippen LogP contribution in [0.2, 0.25) is 0 Å². The molecule has 2 rings (SSSR count). The largest absolute Gasteiger partial charge is 0.497 e. The van der Waals surface area contributed by atoms with Gasteiger partial charge in [-0.2, -0.15) is 0 Å². The number of hydrogen-bond acceptors (Lipinski definition) is 3. The van der Waals surface area contributed by atoms with Crippen molar-refractivity contribution in [3.63, 3.8) is 0 Å². The predicted octanol–water partition coefficient (Wildman–Crippen LogP) is 3.10. The van der Waals surface area contributed by atoms with Crippen molar-refractivity contribution in [2.24, 2.45) is 5.73 Å². The molecule has 1 unspecified atom stereocenters. The van der Waals surface area contributed by atoms with Crippen molar-refractivity contribution in [2.75, 3.05) is 21.2 Å². The number of likely N-dealkylation sites (N-methyl/N-ethyl adjacent to an activating group) is 1. The van der Waals surface area contributed by atoms with Crippen molar-refractivity contribution in [3.05, 3.63) is 29.6 Å². The number of halogens is 1. The van der Waals surface area contributed by atoms with Crippen LogP contribution in [0.15, 0.2) is 18.2 Å². The second-order valence-electron chi connectivity index (χ2n) is 5.92. The Balaban J connectivity index is 2.34. The van der Waals surface area contributed by atoms with Gasteiger partial charge in [-0.1, -0.05) is 25.3 Å². The zero-order valence-electron chi connectivity index (χ0n) is 12.7. The third-order valence-corrected chi connectivity index (χ3v) is 4.73. The van der Waals surface area contributed by atoms with Gasteiger partial charge >= 0.3 is 0 Å². The van der Waals surface area contributed by atoms with Crippen LogP contribution in [-0.2, 0) is 0 Å². The van der Waals surface area contributed by atoms with Crippen molar-refractivity contribution in [2.45, 2.75) is 43.7 Å². The predicted molar refractivity (Wildman–Crippen MR) is 79.4 cm³/mol. The maximum atomic E-state index is 14.3. The monoisotopic (exact) mass is 280 g/mol. The normalized spacial score (nSPS) is 19.9. The molecule has 1 aromatic rings. The lowest BCUT2D eigenvalue weighted by Gasteiger charge is -2.47. The van der Waals surface area contributed by atoms with Crippen molar-refractivity contribution in [1.29, 1.82) is 0 Å².